The minimum Gasteiger partial charge on any atom is -0.465 e. The molecule has 0 aliphatic heterocycles. The number of esters is 1. The van der Waals surface area contributed by atoms with E-state index in [0.29, 0.717) is 13.0 Å². The summed E-state index contributed by atoms with van der Waals surface area (Å²) >= 11 is 0. The fourth-order valence-corrected chi connectivity index (χ4v) is 1.99. The highest BCUT2D eigenvalue weighted by molar-refractivity contribution is 5.82. The lowest BCUT2D eigenvalue weighted by Crippen LogP contribution is -2.40. The van der Waals surface area contributed by atoms with E-state index in [9.17, 15) is 4.79 Å². The Morgan fingerprint density at radius 2 is 2.35 bits per heavy atom. The minimum absolute atomic E-state index is 0.0810. The van der Waals surface area contributed by atoms with E-state index in [1.165, 1.54) is 0 Å². The average molecular weight is 239 g/mol. The largest absolute Gasteiger partial charge is 0.465 e. The van der Waals surface area contributed by atoms with Crippen molar-refractivity contribution in [2.45, 2.75) is 45.6 Å². The second kappa shape index (κ2) is 7.74. The molecule has 1 aliphatic rings. The summed E-state index contributed by atoms with van der Waals surface area (Å²) in [6.45, 7) is 9.26. The third-order valence-electron chi connectivity index (χ3n) is 2.86. The molecule has 1 saturated carbocycles. The van der Waals surface area contributed by atoms with Gasteiger partial charge in [0.25, 0.3) is 0 Å². The molecule has 0 spiro atoms. The lowest BCUT2D eigenvalue weighted by molar-refractivity contribution is -0.150. The number of azide groups is 1. The molecule has 0 amide bonds. The lowest BCUT2D eigenvalue weighted by Gasteiger charge is -2.25. The molecular weight excluding hydrogens is 218 g/mol. The zero-order valence-corrected chi connectivity index (χ0v) is 10.8. The van der Waals surface area contributed by atoms with Crippen LogP contribution < -0.4 is 0 Å². The van der Waals surface area contributed by atoms with Gasteiger partial charge in [-0.3, -0.25) is 4.79 Å². The monoisotopic (exact) mass is 239 g/mol. The van der Waals surface area contributed by atoms with Gasteiger partial charge in [-0.15, -0.1) is 6.58 Å². The molecule has 0 aromatic carbocycles. The van der Waals surface area contributed by atoms with Crippen molar-refractivity contribution in [3.8, 4) is 0 Å². The summed E-state index contributed by atoms with van der Waals surface area (Å²) in [7, 11) is 0. The second-order valence-corrected chi connectivity index (χ2v) is 4.04. The van der Waals surface area contributed by atoms with Gasteiger partial charge in [0.1, 0.15) is 5.54 Å². The minimum atomic E-state index is -0.940. The predicted molar refractivity (Wildman–Crippen MR) is 67.4 cm³/mol. The molecule has 96 valence electrons. The molecule has 0 bridgehead atoms. The van der Waals surface area contributed by atoms with Gasteiger partial charge in [0.15, 0.2) is 0 Å². The van der Waals surface area contributed by atoms with Crippen LogP contribution in [0.4, 0.5) is 0 Å². The standard InChI is InChI=1S/C9H15N3O2.C3H6/c1-3-14-8(13)9(11-12-10)6-4-5-7(9)2;1-3-2/h7H,3-6H2,1-2H3;3H,1H2,2H3/t7-,9-;/m0./s1. The van der Waals surface area contributed by atoms with E-state index in [2.05, 4.69) is 16.6 Å². The van der Waals surface area contributed by atoms with Crippen LogP contribution in [0.3, 0.4) is 0 Å². The third-order valence-corrected chi connectivity index (χ3v) is 2.86. The van der Waals surface area contributed by atoms with Crippen molar-refractivity contribution in [3.05, 3.63) is 23.1 Å². The smallest absolute Gasteiger partial charge is 0.318 e. The van der Waals surface area contributed by atoms with Crippen molar-refractivity contribution >= 4 is 5.97 Å². The first-order valence-electron chi connectivity index (χ1n) is 5.89. The summed E-state index contributed by atoms with van der Waals surface area (Å²) in [6.07, 6.45) is 4.19. The van der Waals surface area contributed by atoms with Gasteiger partial charge in [-0.2, -0.15) is 0 Å². The van der Waals surface area contributed by atoms with Crippen LogP contribution in [-0.2, 0) is 9.53 Å². The summed E-state index contributed by atoms with van der Waals surface area (Å²) in [5.41, 5.74) is 7.54. The molecule has 0 saturated heterocycles. The fraction of sp³-hybridized carbons (Fsp3) is 0.750. The summed E-state index contributed by atoms with van der Waals surface area (Å²) in [5.74, 6) is -0.291. The molecule has 0 heterocycles. The summed E-state index contributed by atoms with van der Waals surface area (Å²) in [6, 6.07) is 0. The zero-order valence-electron chi connectivity index (χ0n) is 10.8. The lowest BCUT2D eigenvalue weighted by atomic mass is 9.89. The number of allylic oxidation sites excluding steroid dienone is 1. The summed E-state index contributed by atoms with van der Waals surface area (Å²) in [5, 5.41) is 3.66. The highest BCUT2D eigenvalue weighted by atomic mass is 16.5. The maximum Gasteiger partial charge on any atom is 0.318 e. The Bertz CT molecular complexity index is 311. The van der Waals surface area contributed by atoms with Gasteiger partial charge in [-0.25, -0.2) is 0 Å². The van der Waals surface area contributed by atoms with Crippen molar-refractivity contribution in [2.24, 2.45) is 11.0 Å². The van der Waals surface area contributed by atoms with E-state index in [1.807, 2.05) is 13.8 Å². The van der Waals surface area contributed by atoms with Crippen LogP contribution in [0.15, 0.2) is 17.8 Å². The number of carbonyl (C=O) groups is 1. The molecule has 5 nitrogen and oxygen atoms in total. The second-order valence-electron chi connectivity index (χ2n) is 4.04. The van der Waals surface area contributed by atoms with E-state index >= 15 is 0 Å². The molecule has 0 radical (unpaired) electrons. The van der Waals surface area contributed by atoms with Crippen LogP contribution >= 0.6 is 0 Å². The molecule has 1 fully saturated rings. The SMILES string of the molecule is C=CC.CCOC(=O)[C@]1(N=[N+]=[N-])CCC[C@@H]1C. The van der Waals surface area contributed by atoms with Gasteiger partial charge >= 0.3 is 5.97 Å². The quantitative estimate of drug-likeness (QED) is 0.248. The first kappa shape index (κ1) is 15.5. The number of hydrogen-bond acceptors (Lipinski definition) is 3. The van der Waals surface area contributed by atoms with Crippen molar-refractivity contribution in [3.63, 3.8) is 0 Å². The van der Waals surface area contributed by atoms with Crippen molar-refractivity contribution in [1.29, 1.82) is 0 Å². The number of hydrogen-bond donors (Lipinski definition) is 0. The Hall–Kier alpha value is -1.48. The van der Waals surface area contributed by atoms with E-state index < -0.39 is 5.54 Å². The maximum absolute atomic E-state index is 11.7. The Kier molecular flexibility index (Phi) is 7.06. The van der Waals surface area contributed by atoms with E-state index in [-0.39, 0.29) is 11.9 Å². The van der Waals surface area contributed by atoms with Crippen LogP contribution in [0.1, 0.15) is 40.0 Å². The Balaban J connectivity index is 0.000000770. The molecule has 0 aromatic heterocycles. The van der Waals surface area contributed by atoms with Crippen molar-refractivity contribution in [1.82, 2.24) is 0 Å². The van der Waals surface area contributed by atoms with E-state index in [4.69, 9.17) is 10.3 Å². The molecule has 1 aliphatic carbocycles. The highest BCUT2D eigenvalue weighted by Gasteiger charge is 2.47. The number of nitrogens with zero attached hydrogens (tertiary/aromatic N) is 3. The molecule has 5 heteroatoms. The van der Waals surface area contributed by atoms with E-state index in [1.54, 1.807) is 13.0 Å². The van der Waals surface area contributed by atoms with Gasteiger partial charge in [0, 0.05) is 4.91 Å². The Morgan fingerprint density at radius 3 is 2.71 bits per heavy atom. The van der Waals surface area contributed by atoms with Gasteiger partial charge in [0.05, 0.1) is 6.61 Å². The maximum atomic E-state index is 11.7. The molecular formula is C12H21N3O2. The molecule has 0 N–H and O–H groups in total. The first-order valence-corrected chi connectivity index (χ1v) is 5.89. The van der Waals surface area contributed by atoms with Gasteiger partial charge in [-0.05, 0) is 38.1 Å². The average Bonchev–Trinajstić information content (AvgIpc) is 2.63. The number of rotatable bonds is 3. The zero-order chi connectivity index (χ0) is 13.3. The van der Waals surface area contributed by atoms with Crippen LogP contribution in [0, 0.1) is 5.92 Å². The van der Waals surface area contributed by atoms with Crippen LogP contribution in [-0.4, -0.2) is 18.1 Å². The Labute approximate surface area is 102 Å². The number of carbonyl (C=O) groups excluding carboxylic acids is 1. The molecule has 1 rings (SSSR count). The predicted octanol–water partition coefficient (Wildman–Crippen LogP) is 3.61. The molecule has 0 unspecified atom stereocenters. The summed E-state index contributed by atoms with van der Waals surface area (Å²) in [4.78, 5) is 14.4. The van der Waals surface area contributed by atoms with Crippen molar-refractivity contribution < 1.29 is 9.53 Å². The van der Waals surface area contributed by atoms with Crippen LogP contribution in [0.2, 0.25) is 0 Å². The van der Waals surface area contributed by atoms with Crippen molar-refractivity contribution in [2.75, 3.05) is 6.61 Å². The first-order chi connectivity index (χ1) is 8.08. The van der Waals surface area contributed by atoms with Crippen LogP contribution in [0.25, 0.3) is 10.4 Å². The topological polar surface area (TPSA) is 75.1 Å². The molecule has 2 atom stereocenters. The highest BCUT2D eigenvalue weighted by Crippen LogP contribution is 2.39. The van der Waals surface area contributed by atoms with Gasteiger partial charge in [-0.1, -0.05) is 24.5 Å². The molecule has 0 aromatic rings. The molecule has 17 heavy (non-hydrogen) atoms. The van der Waals surface area contributed by atoms with E-state index in [0.717, 1.165) is 12.8 Å². The summed E-state index contributed by atoms with van der Waals surface area (Å²) < 4.78 is 4.95. The van der Waals surface area contributed by atoms with Gasteiger partial charge in [0.2, 0.25) is 0 Å². The number of ether oxygens (including phenoxy) is 1. The normalized spacial score (nSPS) is 26.2. The third kappa shape index (κ3) is 3.79. The van der Waals surface area contributed by atoms with Crippen LogP contribution in [0.5, 0.6) is 0 Å². The Morgan fingerprint density at radius 1 is 1.76 bits per heavy atom. The van der Waals surface area contributed by atoms with Gasteiger partial charge < -0.3 is 4.74 Å². The fourth-order valence-electron chi connectivity index (χ4n) is 1.99.